The van der Waals surface area contributed by atoms with Crippen LogP contribution in [0.5, 0.6) is 0 Å². The van der Waals surface area contributed by atoms with Crippen LogP contribution in [0, 0.1) is 0 Å². The van der Waals surface area contributed by atoms with E-state index in [0.717, 1.165) is 25.7 Å². The molecule has 1 atom stereocenters. The molecule has 1 unspecified atom stereocenters. The van der Waals surface area contributed by atoms with E-state index in [4.69, 9.17) is 5.11 Å². The van der Waals surface area contributed by atoms with Crippen LogP contribution in [0.25, 0.3) is 0 Å². The normalized spacial score (nSPS) is 16.2. The van der Waals surface area contributed by atoms with E-state index in [0.29, 0.717) is 12.8 Å². The zero-order valence-corrected chi connectivity index (χ0v) is 11.3. The Morgan fingerprint density at radius 2 is 1.74 bits per heavy atom. The second-order valence-corrected chi connectivity index (χ2v) is 4.82. The summed E-state index contributed by atoms with van der Waals surface area (Å²) in [4.78, 5) is 35.1. The van der Waals surface area contributed by atoms with Crippen molar-refractivity contribution in [3.05, 3.63) is 12.2 Å². The number of aliphatic carboxylic acids is 1. The summed E-state index contributed by atoms with van der Waals surface area (Å²) in [7, 11) is 0. The van der Waals surface area contributed by atoms with Crippen LogP contribution in [-0.2, 0) is 14.4 Å². The molecule has 0 aromatic rings. The molecule has 0 radical (unpaired) electrons. The summed E-state index contributed by atoms with van der Waals surface area (Å²) in [6.07, 6.45) is 7.50. The zero-order valence-electron chi connectivity index (χ0n) is 11.3. The summed E-state index contributed by atoms with van der Waals surface area (Å²) in [6, 6.07) is -0.0938. The Morgan fingerprint density at radius 1 is 1.16 bits per heavy atom. The summed E-state index contributed by atoms with van der Waals surface area (Å²) in [5.74, 6) is -1.30. The van der Waals surface area contributed by atoms with Crippen LogP contribution in [-0.4, -0.2) is 33.8 Å². The molecule has 19 heavy (non-hydrogen) atoms. The van der Waals surface area contributed by atoms with Gasteiger partial charge in [0.1, 0.15) is 0 Å². The maximum Gasteiger partial charge on any atom is 0.303 e. The van der Waals surface area contributed by atoms with E-state index in [2.05, 4.69) is 6.92 Å². The Balaban J connectivity index is 2.49. The van der Waals surface area contributed by atoms with E-state index in [1.54, 1.807) is 0 Å². The van der Waals surface area contributed by atoms with E-state index in [9.17, 15) is 14.4 Å². The van der Waals surface area contributed by atoms with Gasteiger partial charge in [0.25, 0.3) is 11.8 Å². The van der Waals surface area contributed by atoms with Gasteiger partial charge >= 0.3 is 5.97 Å². The molecule has 1 rings (SSSR count). The third-order valence-corrected chi connectivity index (χ3v) is 3.28. The van der Waals surface area contributed by atoms with Crippen molar-refractivity contribution < 1.29 is 19.5 Å². The number of imide groups is 1. The van der Waals surface area contributed by atoms with Crippen molar-refractivity contribution >= 4 is 17.8 Å². The first-order valence-corrected chi connectivity index (χ1v) is 6.83. The number of unbranched alkanes of at least 4 members (excludes halogenated alkanes) is 2. The van der Waals surface area contributed by atoms with Gasteiger partial charge in [-0.25, -0.2) is 0 Å². The highest BCUT2D eigenvalue weighted by molar-refractivity contribution is 6.13. The molecule has 0 saturated carbocycles. The SMILES string of the molecule is CCCCC(CCCCC(=O)O)N1C(=O)C=CC1=O. The highest BCUT2D eigenvalue weighted by Gasteiger charge is 2.30. The van der Waals surface area contributed by atoms with E-state index in [1.807, 2.05) is 0 Å². The molecule has 0 aliphatic carbocycles. The zero-order chi connectivity index (χ0) is 14.3. The minimum absolute atomic E-state index is 0.0938. The average Bonchev–Trinajstić information content (AvgIpc) is 2.69. The molecule has 1 aliphatic heterocycles. The van der Waals surface area contributed by atoms with Crippen LogP contribution in [0.15, 0.2) is 12.2 Å². The first kappa shape index (κ1) is 15.4. The number of carboxylic acids is 1. The number of carbonyl (C=O) groups is 3. The summed E-state index contributed by atoms with van der Waals surface area (Å²) in [5, 5.41) is 8.59. The van der Waals surface area contributed by atoms with Crippen molar-refractivity contribution in [3.63, 3.8) is 0 Å². The minimum Gasteiger partial charge on any atom is -0.481 e. The lowest BCUT2D eigenvalue weighted by Gasteiger charge is -2.26. The summed E-state index contributed by atoms with van der Waals surface area (Å²) >= 11 is 0. The fourth-order valence-corrected chi connectivity index (χ4v) is 2.27. The monoisotopic (exact) mass is 267 g/mol. The van der Waals surface area contributed by atoms with Crippen LogP contribution >= 0.6 is 0 Å². The van der Waals surface area contributed by atoms with E-state index < -0.39 is 5.97 Å². The second kappa shape index (κ2) is 7.71. The first-order valence-electron chi connectivity index (χ1n) is 6.83. The highest BCUT2D eigenvalue weighted by atomic mass is 16.4. The van der Waals surface area contributed by atoms with Crippen LogP contribution in [0.3, 0.4) is 0 Å². The molecule has 0 fully saturated rings. The molecule has 2 amide bonds. The standard InChI is InChI=1S/C14H21NO4/c1-2-3-6-11(7-4-5-8-14(18)19)15-12(16)9-10-13(15)17/h9-11H,2-8H2,1H3,(H,18,19). The molecule has 0 aromatic carbocycles. The molecule has 1 aliphatic rings. The average molecular weight is 267 g/mol. The van der Waals surface area contributed by atoms with Crippen LogP contribution in [0.2, 0.25) is 0 Å². The number of amides is 2. The van der Waals surface area contributed by atoms with Crippen molar-refractivity contribution in [1.82, 2.24) is 4.90 Å². The lowest BCUT2D eigenvalue weighted by Crippen LogP contribution is -2.40. The number of rotatable bonds is 9. The van der Waals surface area contributed by atoms with Gasteiger partial charge in [-0.1, -0.05) is 26.2 Å². The fraction of sp³-hybridized carbons (Fsp3) is 0.643. The Bertz CT molecular complexity index is 358. The van der Waals surface area contributed by atoms with Crippen LogP contribution in [0.4, 0.5) is 0 Å². The van der Waals surface area contributed by atoms with Gasteiger partial charge in [0, 0.05) is 24.6 Å². The minimum atomic E-state index is -0.805. The lowest BCUT2D eigenvalue weighted by molar-refractivity contribution is -0.140. The summed E-state index contributed by atoms with van der Waals surface area (Å²) in [5.41, 5.74) is 0. The highest BCUT2D eigenvalue weighted by Crippen LogP contribution is 2.20. The Hall–Kier alpha value is -1.65. The number of carboxylic acid groups (broad SMARTS) is 1. The van der Waals surface area contributed by atoms with Gasteiger partial charge in [0.05, 0.1) is 0 Å². The molecule has 5 heteroatoms. The molecule has 0 spiro atoms. The van der Waals surface area contributed by atoms with Crippen molar-refractivity contribution in [2.24, 2.45) is 0 Å². The Morgan fingerprint density at radius 3 is 2.26 bits per heavy atom. The summed E-state index contributed by atoms with van der Waals surface area (Å²) < 4.78 is 0. The molecule has 1 N–H and O–H groups in total. The predicted octanol–water partition coefficient (Wildman–Crippen LogP) is 2.12. The van der Waals surface area contributed by atoms with Gasteiger partial charge in [0.2, 0.25) is 0 Å². The van der Waals surface area contributed by atoms with Crippen molar-refractivity contribution in [1.29, 1.82) is 0 Å². The first-order chi connectivity index (χ1) is 9.06. The van der Waals surface area contributed by atoms with Gasteiger partial charge < -0.3 is 5.11 Å². The summed E-state index contributed by atoms with van der Waals surface area (Å²) in [6.45, 7) is 2.06. The second-order valence-electron chi connectivity index (χ2n) is 4.82. The van der Waals surface area contributed by atoms with Gasteiger partial charge in [0.15, 0.2) is 0 Å². The molecular formula is C14H21NO4. The molecule has 106 valence electrons. The number of hydrogen-bond acceptors (Lipinski definition) is 3. The third-order valence-electron chi connectivity index (χ3n) is 3.28. The van der Waals surface area contributed by atoms with Crippen LogP contribution in [0.1, 0.15) is 51.9 Å². The number of carbonyl (C=O) groups excluding carboxylic acids is 2. The molecule has 0 aromatic heterocycles. The molecule has 5 nitrogen and oxygen atoms in total. The smallest absolute Gasteiger partial charge is 0.303 e. The largest absolute Gasteiger partial charge is 0.481 e. The van der Waals surface area contributed by atoms with Crippen LogP contribution < -0.4 is 0 Å². The lowest BCUT2D eigenvalue weighted by atomic mass is 10.0. The van der Waals surface area contributed by atoms with Gasteiger partial charge in [-0.2, -0.15) is 0 Å². The third kappa shape index (κ3) is 4.85. The maximum absolute atomic E-state index is 11.7. The van der Waals surface area contributed by atoms with E-state index >= 15 is 0 Å². The Kier molecular flexibility index (Phi) is 6.25. The predicted molar refractivity (Wildman–Crippen MR) is 70.4 cm³/mol. The van der Waals surface area contributed by atoms with Crippen molar-refractivity contribution in [3.8, 4) is 0 Å². The molecule has 0 bridgehead atoms. The maximum atomic E-state index is 11.7. The van der Waals surface area contributed by atoms with Gasteiger partial charge in [-0.15, -0.1) is 0 Å². The quantitative estimate of drug-likeness (QED) is 0.513. The molecule has 1 heterocycles. The topological polar surface area (TPSA) is 74.7 Å². The number of hydrogen-bond donors (Lipinski definition) is 1. The molecule has 0 saturated heterocycles. The van der Waals surface area contributed by atoms with Gasteiger partial charge in [-0.05, 0) is 19.3 Å². The van der Waals surface area contributed by atoms with Gasteiger partial charge in [-0.3, -0.25) is 19.3 Å². The van der Waals surface area contributed by atoms with Crippen molar-refractivity contribution in [2.75, 3.05) is 0 Å². The molecular weight excluding hydrogens is 246 g/mol. The van der Waals surface area contributed by atoms with Crippen molar-refractivity contribution in [2.45, 2.75) is 57.9 Å². The van der Waals surface area contributed by atoms with E-state index in [-0.39, 0.29) is 24.3 Å². The van der Waals surface area contributed by atoms with E-state index in [1.165, 1.54) is 17.1 Å². The fourth-order valence-electron chi connectivity index (χ4n) is 2.27. The number of nitrogens with zero attached hydrogens (tertiary/aromatic N) is 1. The Labute approximate surface area is 113 Å².